The molecule has 0 fully saturated rings. The van der Waals surface area contributed by atoms with Crippen molar-refractivity contribution in [3.63, 3.8) is 0 Å². The van der Waals surface area contributed by atoms with Gasteiger partial charge in [-0.15, -0.1) is 0 Å². The molecule has 3 rings (SSSR count). The van der Waals surface area contributed by atoms with E-state index in [2.05, 4.69) is 5.32 Å². The summed E-state index contributed by atoms with van der Waals surface area (Å²) in [5.41, 5.74) is 6.34. The van der Waals surface area contributed by atoms with Crippen molar-refractivity contribution in [2.45, 2.75) is 12.3 Å². The Labute approximate surface area is 167 Å². The maximum Gasteiger partial charge on any atom is 0.257 e. The molecule has 2 aromatic carbocycles. The van der Waals surface area contributed by atoms with Crippen LogP contribution < -0.4 is 15.8 Å². The second-order valence-corrected chi connectivity index (χ2v) is 7.21. The number of amides is 1. The first-order valence-electron chi connectivity index (χ1n) is 8.98. The van der Waals surface area contributed by atoms with Crippen LogP contribution in [-0.4, -0.2) is 31.0 Å². The minimum absolute atomic E-state index is 0.0450. The van der Waals surface area contributed by atoms with E-state index in [1.807, 2.05) is 42.5 Å². The molecule has 0 aliphatic heterocycles. The van der Waals surface area contributed by atoms with Crippen LogP contribution in [0.4, 0.5) is 0 Å². The number of carbonyl (C=O) groups excluding carboxylic acids is 1. The largest absolute Gasteiger partial charge is 0.483 e. The Hall–Kier alpha value is -2.77. The average Bonchev–Trinajstić information content (AvgIpc) is 3.19. The number of furan rings is 1. The first kappa shape index (κ1) is 20.0. The van der Waals surface area contributed by atoms with E-state index in [4.69, 9.17) is 20.3 Å². The second kappa shape index (κ2) is 9.96. The van der Waals surface area contributed by atoms with Crippen molar-refractivity contribution < 1.29 is 13.9 Å². The van der Waals surface area contributed by atoms with Crippen LogP contribution in [0.25, 0.3) is 10.8 Å². The number of nitrogens with one attached hydrogen (secondary N) is 2. The molecule has 0 aliphatic carbocycles. The van der Waals surface area contributed by atoms with Crippen LogP contribution in [0.2, 0.25) is 0 Å². The highest BCUT2D eigenvalue weighted by Crippen LogP contribution is 2.27. The topological polar surface area (TPSA) is 101 Å². The number of thioether (sulfide) groups is 1. The summed E-state index contributed by atoms with van der Waals surface area (Å²) in [4.78, 5) is 12.0. The van der Waals surface area contributed by atoms with Crippen LogP contribution in [0.5, 0.6) is 5.75 Å². The van der Waals surface area contributed by atoms with E-state index in [1.165, 1.54) is 6.21 Å². The molecule has 0 atom stereocenters. The number of ether oxygens (including phenoxy) is 1. The summed E-state index contributed by atoms with van der Waals surface area (Å²) in [6, 6.07) is 15.1. The zero-order valence-corrected chi connectivity index (χ0v) is 16.3. The molecule has 0 saturated heterocycles. The summed E-state index contributed by atoms with van der Waals surface area (Å²) in [5, 5.41) is 12.2. The van der Waals surface area contributed by atoms with Crippen LogP contribution in [0.3, 0.4) is 0 Å². The molecule has 0 spiro atoms. The summed E-state index contributed by atoms with van der Waals surface area (Å²) in [6.07, 6.45) is 1.32. The molecular weight excluding hydrogens is 374 g/mol. The van der Waals surface area contributed by atoms with Gasteiger partial charge in [0.1, 0.15) is 17.3 Å². The summed E-state index contributed by atoms with van der Waals surface area (Å²) in [6.45, 7) is 0.918. The molecule has 4 N–H and O–H groups in total. The zero-order valence-electron chi connectivity index (χ0n) is 15.4. The Morgan fingerprint density at radius 2 is 1.93 bits per heavy atom. The third kappa shape index (κ3) is 5.15. The van der Waals surface area contributed by atoms with Crippen LogP contribution in [0.15, 0.2) is 52.9 Å². The predicted molar refractivity (Wildman–Crippen MR) is 113 cm³/mol. The van der Waals surface area contributed by atoms with Crippen molar-refractivity contribution in [1.29, 1.82) is 5.41 Å². The Balaban J connectivity index is 1.42. The third-order valence-electron chi connectivity index (χ3n) is 4.16. The van der Waals surface area contributed by atoms with Gasteiger partial charge >= 0.3 is 0 Å². The summed E-state index contributed by atoms with van der Waals surface area (Å²) in [7, 11) is 0. The van der Waals surface area contributed by atoms with E-state index in [-0.39, 0.29) is 12.5 Å². The molecular formula is C21H23N3O3S. The van der Waals surface area contributed by atoms with Crippen LogP contribution in [0.1, 0.15) is 17.1 Å². The molecule has 0 saturated carbocycles. The molecule has 1 heterocycles. The van der Waals surface area contributed by atoms with Gasteiger partial charge in [-0.2, -0.15) is 11.8 Å². The van der Waals surface area contributed by atoms with Gasteiger partial charge in [-0.25, -0.2) is 0 Å². The van der Waals surface area contributed by atoms with Gasteiger partial charge in [0, 0.05) is 29.5 Å². The fourth-order valence-electron chi connectivity index (χ4n) is 2.79. The SMILES string of the molecule is N=Cc1ccc(OCC(=O)NCCSCc2ccc(CN)o2)c2ccccc12. The highest BCUT2D eigenvalue weighted by atomic mass is 32.2. The standard InChI is InChI=1S/C21H23N3O3S/c22-11-15-5-8-20(19-4-2-1-3-18(15)19)26-13-21(25)24-9-10-28-14-17-7-6-16(12-23)27-17/h1-8,11,22H,9-10,12-14,23H2,(H,24,25). The van der Waals surface area contributed by atoms with E-state index in [0.717, 1.165) is 39.4 Å². The van der Waals surface area contributed by atoms with Crippen LogP contribution >= 0.6 is 11.8 Å². The van der Waals surface area contributed by atoms with Gasteiger partial charge in [-0.3, -0.25) is 4.79 Å². The lowest BCUT2D eigenvalue weighted by atomic mass is 10.0. The predicted octanol–water partition coefficient (Wildman–Crippen LogP) is 3.32. The highest BCUT2D eigenvalue weighted by molar-refractivity contribution is 7.98. The third-order valence-corrected chi connectivity index (χ3v) is 5.14. The van der Waals surface area contributed by atoms with E-state index in [0.29, 0.717) is 18.8 Å². The van der Waals surface area contributed by atoms with Gasteiger partial charge in [-0.1, -0.05) is 24.3 Å². The molecule has 0 radical (unpaired) electrons. The normalized spacial score (nSPS) is 10.8. The number of hydrogen-bond donors (Lipinski definition) is 3. The van der Waals surface area contributed by atoms with Crippen molar-refractivity contribution in [3.05, 3.63) is 65.6 Å². The van der Waals surface area contributed by atoms with Gasteiger partial charge < -0.3 is 25.6 Å². The fraction of sp³-hybridized carbons (Fsp3) is 0.238. The van der Waals surface area contributed by atoms with E-state index in [9.17, 15) is 4.79 Å². The van der Waals surface area contributed by atoms with Crippen molar-refractivity contribution in [1.82, 2.24) is 5.32 Å². The minimum atomic E-state index is -0.163. The van der Waals surface area contributed by atoms with Crippen LogP contribution in [0, 0.1) is 5.41 Å². The lowest BCUT2D eigenvalue weighted by Gasteiger charge is -2.11. The summed E-state index contributed by atoms with van der Waals surface area (Å²) < 4.78 is 11.2. The van der Waals surface area contributed by atoms with Crippen molar-refractivity contribution in [2.24, 2.45) is 5.73 Å². The first-order valence-corrected chi connectivity index (χ1v) is 10.1. The van der Waals surface area contributed by atoms with Gasteiger partial charge in [0.15, 0.2) is 6.61 Å². The molecule has 28 heavy (non-hydrogen) atoms. The maximum atomic E-state index is 12.0. The lowest BCUT2D eigenvalue weighted by molar-refractivity contribution is -0.122. The fourth-order valence-corrected chi connectivity index (χ4v) is 3.53. The number of fused-ring (bicyclic) bond motifs is 1. The second-order valence-electron chi connectivity index (χ2n) is 6.11. The molecule has 6 nitrogen and oxygen atoms in total. The maximum absolute atomic E-state index is 12.0. The quantitative estimate of drug-likeness (QED) is 0.360. The van der Waals surface area contributed by atoms with Crippen LogP contribution in [-0.2, 0) is 17.1 Å². The molecule has 7 heteroatoms. The van der Waals surface area contributed by atoms with E-state index >= 15 is 0 Å². The zero-order chi connectivity index (χ0) is 19.8. The molecule has 3 aromatic rings. The molecule has 0 bridgehead atoms. The van der Waals surface area contributed by atoms with Gasteiger partial charge in [0.05, 0.1) is 12.3 Å². The molecule has 146 valence electrons. The summed E-state index contributed by atoms with van der Waals surface area (Å²) in [5.74, 6) is 3.67. The smallest absolute Gasteiger partial charge is 0.257 e. The Morgan fingerprint density at radius 1 is 1.14 bits per heavy atom. The van der Waals surface area contributed by atoms with Gasteiger partial charge in [-0.05, 0) is 29.7 Å². The number of carbonyl (C=O) groups is 1. The van der Waals surface area contributed by atoms with Gasteiger partial charge in [0.2, 0.25) is 0 Å². The Kier molecular flexibility index (Phi) is 7.11. The average molecular weight is 398 g/mol. The van der Waals surface area contributed by atoms with E-state index < -0.39 is 0 Å². The Bertz CT molecular complexity index is 955. The molecule has 1 amide bonds. The Morgan fingerprint density at radius 3 is 2.68 bits per heavy atom. The molecule has 0 aliphatic rings. The number of rotatable bonds is 10. The number of benzene rings is 2. The number of hydrogen-bond acceptors (Lipinski definition) is 6. The number of nitrogens with two attached hydrogens (primary N) is 1. The van der Waals surface area contributed by atoms with Crippen molar-refractivity contribution in [2.75, 3.05) is 18.9 Å². The monoisotopic (exact) mass is 397 g/mol. The van der Waals surface area contributed by atoms with Crippen molar-refractivity contribution >= 4 is 34.7 Å². The van der Waals surface area contributed by atoms with E-state index in [1.54, 1.807) is 17.8 Å². The lowest BCUT2D eigenvalue weighted by Crippen LogP contribution is -2.30. The molecule has 1 aromatic heterocycles. The van der Waals surface area contributed by atoms with Crippen molar-refractivity contribution in [3.8, 4) is 5.75 Å². The summed E-state index contributed by atoms with van der Waals surface area (Å²) >= 11 is 1.68. The first-order chi connectivity index (χ1) is 13.7. The van der Waals surface area contributed by atoms with Gasteiger partial charge in [0.25, 0.3) is 5.91 Å². The minimum Gasteiger partial charge on any atom is -0.483 e. The molecule has 0 unspecified atom stereocenters. The highest BCUT2D eigenvalue weighted by Gasteiger charge is 2.08.